The number of anilines is 1. The van der Waals surface area contributed by atoms with Crippen molar-refractivity contribution in [2.45, 2.75) is 32.6 Å². The zero-order chi connectivity index (χ0) is 21.7. The first kappa shape index (κ1) is 22.1. The Kier molecular flexibility index (Phi) is 7.35. The molecule has 5 nitrogen and oxygen atoms in total. The molecule has 2 aromatic rings. The van der Waals surface area contributed by atoms with Crippen molar-refractivity contribution in [3.05, 3.63) is 74.2 Å². The highest BCUT2D eigenvalue weighted by Gasteiger charge is 2.30. The average molecular weight is 484 g/mol. The van der Waals surface area contributed by atoms with E-state index in [9.17, 15) is 14.9 Å². The first-order chi connectivity index (χ1) is 14.4. The van der Waals surface area contributed by atoms with Crippen LogP contribution in [-0.4, -0.2) is 17.6 Å². The summed E-state index contributed by atoms with van der Waals surface area (Å²) in [7, 11) is 0. The van der Waals surface area contributed by atoms with Gasteiger partial charge >= 0.3 is 0 Å². The lowest BCUT2D eigenvalue weighted by atomic mass is 9.87. The molecular formula is C23H22BrN3O2S. The molecule has 0 bridgehead atoms. The van der Waals surface area contributed by atoms with Gasteiger partial charge in [0.25, 0.3) is 0 Å². The number of allylic oxidation sites excluding steroid dienone is 1. The minimum Gasteiger partial charge on any atom is -0.325 e. The van der Waals surface area contributed by atoms with Crippen molar-refractivity contribution in [1.29, 1.82) is 5.26 Å². The fourth-order valence-electron chi connectivity index (χ4n) is 3.46. The summed E-state index contributed by atoms with van der Waals surface area (Å²) in [5.41, 5.74) is 4.29. The number of carbonyl (C=O) groups excluding carboxylic acids is 2. The van der Waals surface area contributed by atoms with Gasteiger partial charge in [0.05, 0.1) is 22.4 Å². The van der Waals surface area contributed by atoms with Crippen LogP contribution in [0.1, 0.15) is 36.0 Å². The summed E-state index contributed by atoms with van der Waals surface area (Å²) in [6, 6.07) is 15.8. The molecule has 0 radical (unpaired) electrons. The molecule has 0 saturated carbocycles. The summed E-state index contributed by atoms with van der Waals surface area (Å²) in [5.74, 6) is -0.555. The number of amides is 2. The van der Waals surface area contributed by atoms with E-state index >= 15 is 0 Å². The van der Waals surface area contributed by atoms with Crippen molar-refractivity contribution in [3.8, 4) is 6.07 Å². The largest absolute Gasteiger partial charge is 0.325 e. The molecule has 0 fully saturated rings. The Hall–Kier alpha value is -2.56. The SMILES string of the molecule is CCc1cccc(C)c1NC(=O)CSC1=C(C#N)[C@H](c2cccc(Br)c2)CC(=O)N1. The zero-order valence-electron chi connectivity index (χ0n) is 16.8. The number of halogens is 1. The zero-order valence-corrected chi connectivity index (χ0v) is 19.2. The summed E-state index contributed by atoms with van der Waals surface area (Å²) in [6.07, 6.45) is 1.03. The van der Waals surface area contributed by atoms with Crippen LogP contribution in [0.4, 0.5) is 5.69 Å². The molecule has 7 heteroatoms. The monoisotopic (exact) mass is 483 g/mol. The molecule has 0 spiro atoms. The van der Waals surface area contributed by atoms with E-state index in [2.05, 4.69) is 32.6 Å². The lowest BCUT2D eigenvalue weighted by Gasteiger charge is -2.25. The Bertz CT molecular complexity index is 1060. The molecule has 1 aliphatic heterocycles. The van der Waals surface area contributed by atoms with Gasteiger partial charge in [0.2, 0.25) is 11.8 Å². The fraction of sp³-hybridized carbons (Fsp3) is 0.261. The van der Waals surface area contributed by atoms with Crippen LogP contribution in [0, 0.1) is 18.3 Å². The first-order valence-corrected chi connectivity index (χ1v) is 11.4. The molecule has 0 aromatic heterocycles. The minimum absolute atomic E-state index is 0.101. The van der Waals surface area contributed by atoms with Crippen molar-refractivity contribution < 1.29 is 9.59 Å². The van der Waals surface area contributed by atoms with Gasteiger partial charge in [-0.05, 0) is 42.2 Å². The van der Waals surface area contributed by atoms with Crippen LogP contribution >= 0.6 is 27.7 Å². The van der Waals surface area contributed by atoms with Gasteiger partial charge in [-0.15, -0.1) is 0 Å². The molecule has 0 unspecified atom stereocenters. The number of nitrogens with one attached hydrogen (secondary N) is 2. The van der Waals surface area contributed by atoms with Crippen molar-refractivity contribution >= 4 is 45.2 Å². The van der Waals surface area contributed by atoms with Gasteiger partial charge in [-0.25, -0.2) is 0 Å². The minimum atomic E-state index is -0.324. The summed E-state index contributed by atoms with van der Waals surface area (Å²) in [6.45, 7) is 4.00. The van der Waals surface area contributed by atoms with Crippen LogP contribution in [-0.2, 0) is 16.0 Å². The van der Waals surface area contributed by atoms with E-state index in [-0.39, 0.29) is 29.9 Å². The van der Waals surface area contributed by atoms with E-state index in [4.69, 9.17) is 0 Å². The van der Waals surface area contributed by atoms with Crippen LogP contribution in [0.25, 0.3) is 0 Å². The maximum Gasteiger partial charge on any atom is 0.234 e. The third kappa shape index (κ3) is 5.13. The predicted octanol–water partition coefficient (Wildman–Crippen LogP) is 5.03. The maximum absolute atomic E-state index is 12.6. The van der Waals surface area contributed by atoms with Gasteiger partial charge in [-0.2, -0.15) is 5.26 Å². The van der Waals surface area contributed by atoms with Gasteiger partial charge in [0, 0.05) is 22.5 Å². The van der Waals surface area contributed by atoms with Crippen LogP contribution < -0.4 is 10.6 Å². The van der Waals surface area contributed by atoms with Crippen molar-refractivity contribution in [3.63, 3.8) is 0 Å². The second kappa shape index (κ2) is 9.96. The molecule has 0 aliphatic carbocycles. The number of nitriles is 1. The maximum atomic E-state index is 12.6. The summed E-state index contributed by atoms with van der Waals surface area (Å²) < 4.78 is 0.891. The van der Waals surface area contributed by atoms with Gasteiger partial charge in [-0.3, -0.25) is 9.59 Å². The summed E-state index contributed by atoms with van der Waals surface area (Å²) >= 11 is 4.63. The number of thioether (sulfide) groups is 1. The standard InChI is InChI=1S/C23H22BrN3O2S/c1-3-15-7-4-6-14(2)22(15)26-21(29)13-30-23-19(12-25)18(11-20(28)27-23)16-8-5-9-17(24)10-16/h4-10,18H,3,11,13H2,1-2H3,(H,26,29)(H,27,28)/t18-/m0/s1. The predicted molar refractivity (Wildman–Crippen MR) is 124 cm³/mol. The quantitative estimate of drug-likeness (QED) is 0.603. The molecule has 2 amide bonds. The van der Waals surface area contributed by atoms with E-state index in [0.717, 1.165) is 33.3 Å². The van der Waals surface area contributed by atoms with E-state index < -0.39 is 0 Å². The fourth-order valence-corrected chi connectivity index (χ4v) is 4.75. The molecule has 1 heterocycles. The van der Waals surface area contributed by atoms with Gasteiger partial charge in [0.15, 0.2) is 0 Å². The molecule has 154 valence electrons. The van der Waals surface area contributed by atoms with Gasteiger partial charge < -0.3 is 10.6 Å². The van der Waals surface area contributed by atoms with Crippen LogP contribution in [0.2, 0.25) is 0 Å². The lowest BCUT2D eigenvalue weighted by Crippen LogP contribution is -2.31. The summed E-state index contributed by atoms with van der Waals surface area (Å²) in [4.78, 5) is 24.9. The lowest BCUT2D eigenvalue weighted by molar-refractivity contribution is -0.121. The molecule has 1 atom stereocenters. The molecule has 3 rings (SSSR count). The van der Waals surface area contributed by atoms with Crippen LogP contribution in [0.3, 0.4) is 0 Å². The van der Waals surface area contributed by atoms with E-state index in [1.807, 2.05) is 56.3 Å². The van der Waals surface area contributed by atoms with E-state index in [1.165, 1.54) is 11.8 Å². The second-order valence-corrected chi connectivity index (χ2v) is 8.92. The van der Waals surface area contributed by atoms with Crippen molar-refractivity contribution in [1.82, 2.24) is 5.32 Å². The number of nitrogens with zero attached hydrogens (tertiary/aromatic N) is 1. The highest BCUT2D eigenvalue weighted by molar-refractivity contribution is 9.10. The third-order valence-corrected chi connectivity index (χ3v) is 6.47. The number of carbonyl (C=O) groups is 2. The number of para-hydroxylation sites is 1. The van der Waals surface area contributed by atoms with Crippen LogP contribution in [0.15, 0.2) is 57.5 Å². The second-order valence-electron chi connectivity index (χ2n) is 7.01. The summed E-state index contributed by atoms with van der Waals surface area (Å²) in [5, 5.41) is 16.0. The normalized spacial score (nSPS) is 16.1. The van der Waals surface area contributed by atoms with E-state index in [0.29, 0.717) is 10.6 Å². The Balaban J connectivity index is 1.78. The molecular weight excluding hydrogens is 462 g/mol. The smallest absolute Gasteiger partial charge is 0.234 e. The Morgan fingerprint density at radius 1 is 1.33 bits per heavy atom. The topological polar surface area (TPSA) is 82.0 Å². The number of benzene rings is 2. The Morgan fingerprint density at radius 3 is 2.80 bits per heavy atom. The number of rotatable bonds is 6. The third-order valence-electron chi connectivity index (χ3n) is 4.96. The van der Waals surface area contributed by atoms with Gasteiger partial charge in [0.1, 0.15) is 0 Å². The first-order valence-electron chi connectivity index (χ1n) is 9.63. The van der Waals surface area contributed by atoms with Crippen LogP contribution in [0.5, 0.6) is 0 Å². The van der Waals surface area contributed by atoms with Gasteiger partial charge in [-0.1, -0.05) is 64.9 Å². The number of aryl methyl sites for hydroxylation is 2. The molecule has 30 heavy (non-hydrogen) atoms. The Labute approximate surface area is 189 Å². The number of hydrogen-bond donors (Lipinski definition) is 2. The highest BCUT2D eigenvalue weighted by atomic mass is 79.9. The van der Waals surface area contributed by atoms with Crippen molar-refractivity contribution in [2.24, 2.45) is 0 Å². The Morgan fingerprint density at radius 2 is 2.10 bits per heavy atom. The van der Waals surface area contributed by atoms with Crippen molar-refractivity contribution in [2.75, 3.05) is 11.1 Å². The molecule has 2 aromatic carbocycles. The van der Waals surface area contributed by atoms with E-state index in [1.54, 1.807) is 0 Å². The molecule has 0 saturated heterocycles. The average Bonchev–Trinajstić information content (AvgIpc) is 2.73. The molecule has 2 N–H and O–H groups in total. The molecule has 1 aliphatic rings. The number of hydrogen-bond acceptors (Lipinski definition) is 4. The highest BCUT2D eigenvalue weighted by Crippen LogP contribution is 2.36.